The minimum atomic E-state index is -0.857. The fraction of sp³-hybridized carbons (Fsp3) is 0.238. The molecule has 0 saturated carbocycles. The van der Waals surface area contributed by atoms with Crippen molar-refractivity contribution in [1.82, 2.24) is 0 Å². The maximum Gasteiger partial charge on any atom is 0.222 e. The lowest BCUT2D eigenvalue weighted by Crippen LogP contribution is -2.30. The van der Waals surface area contributed by atoms with Crippen molar-refractivity contribution in [3.63, 3.8) is 0 Å². The van der Waals surface area contributed by atoms with E-state index in [9.17, 15) is 8.78 Å². The van der Waals surface area contributed by atoms with Gasteiger partial charge in [-0.3, -0.25) is 0 Å². The van der Waals surface area contributed by atoms with Gasteiger partial charge in [0.05, 0.1) is 13.2 Å². The second-order valence-corrected chi connectivity index (χ2v) is 5.76. The van der Waals surface area contributed by atoms with Crippen molar-refractivity contribution in [3.8, 4) is 23.0 Å². The number of halogens is 2. The Morgan fingerprint density at radius 1 is 0.960 bits per heavy atom. The highest BCUT2D eigenvalue weighted by molar-refractivity contribution is 5.64. The van der Waals surface area contributed by atoms with Crippen LogP contribution in [0.1, 0.15) is 12.5 Å². The molecule has 0 aliphatic carbocycles. The first-order valence-corrected chi connectivity index (χ1v) is 8.09. The quantitative estimate of drug-likeness (QED) is 0.590. The van der Waals surface area contributed by atoms with Gasteiger partial charge in [-0.25, -0.2) is 8.78 Å². The molecule has 1 heterocycles. The van der Waals surface area contributed by atoms with Gasteiger partial charge < -0.3 is 9.47 Å². The molecule has 2 aromatic rings. The summed E-state index contributed by atoms with van der Waals surface area (Å²) in [6.45, 7) is 3.16. The Hall–Kier alpha value is -2.48. The Balaban J connectivity index is 1.65. The van der Waals surface area contributed by atoms with Gasteiger partial charge in [-0.2, -0.15) is 0 Å². The van der Waals surface area contributed by atoms with E-state index in [0.717, 1.165) is 17.2 Å². The Morgan fingerprint density at radius 3 is 2.28 bits per heavy atom. The first kappa shape index (κ1) is 17.3. The maximum atomic E-state index is 13.3. The average molecular weight is 340 g/mol. The van der Waals surface area contributed by atoms with Crippen molar-refractivity contribution in [2.45, 2.75) is 13.2 Å². The molecule has 1 aliphatic heterocycles. The summed E-state index contributed by atoms with van der Waals surface area (Å²) in [5, 5.41) is 0. The summed E-state index contributed by atoms with van der Waals surface area (Å²) < 4.78 is 37.4. The van der Waals surface area contributed by atoms with Crippen LogP contribution in [0.3, 0.4) is 0 Å². The van der Waals surface area contributed by atoms with E-state index >= 15 is 0 Å². The van der Waals surface area contributed by atoms with Crippen LogP contribution in [0, 0.1) is 29.4 Å². The first-order valence-electron chi connectivity index (χ1n) is 8.09. The minimum Gasteiger partial charge on any atom is -0.341 e. The topological polar surface area (TPSA) is 18.5 Å². The molecule has 25 heavy (non-hydrogen) atoms. The van der Waals surface area contributed by atoms with Gasteiger partial charge in [0.15, 0.2) is 11.6 Å². The van der Waals surface area contributed by atoms with Crippen molar-refractivity contribution in [1.29, 1.82) is 0 Å². The molecule has 2 aromatic carbocycles. The van der Waals surface area contributed by atoms with Crippen molar-refractivity contribution >= 4 is 0 Å². The smallest absolute Gasteiger partial charge is 0.222 e. The van der Waals surface area contributed by atoms with Gasteiger partial charge in [0.1, 0.15) is 0 Å². The zero-order chi connectivity index (χ0) is 17.6. The zero-order valence-electron chi connectivity index (χ0n) is 13.8. The number of benzene rings is 2. The van der Waals surface area contributed by atoms with E-state index in [1.165, 1.54) is 6.07 Å². The summed E-state index contributed by atoms with van der Waals surface area (Å²) in [5.74, 6) is 4.52. The van der Waals surface area contributed by atoms with Crippen molar-refractivity contribution in [2.75, 3.05) is 13.2 Å². The number of hydrogen-bond acceptors (Lipinski definition) is 2. The first-order chi connectivity index (χ1) is 12.2. The summed E-state index contributed by atoms with van der Waals surface area (Å²) >= 11 is 0. The Morgan fingerprint density at radius 2 is 1.64 bits per heavy atom. The van der Waals surface area contributed by atoms with Crippen LogP contribution in [0.25, 0.3) is 11.1 Å². The Labute approximate surface area is 146 Å². The van der Waals surface area contributed by atoms with Gasteiger partial charge in [-0.1, -0.05) is 36.3 Å². The zero-order valence-corrected chi connectivity index (χ0v) is 13.8. The molecule has 2 nitrogen and oxygen atoms in total. The lowest BCUT2D eigenvalue weighted by atomic mass is 10.0. The van der Waals surface area contributed by atoms with Gasteiger partial charge in [0, 0.05) is 11.5 Å². The number of rotatable bonds is 2. The van der Waals surface area contributed by atoms with Crippen LogP contribution in [0.5, 0.6) is 0 Å². The van der Waals surface area contributed by atoms with Gasteiger partial charge in [-0.15, -0.1) is 0 Å². The van der Waals surface area contributed by atoms with Crippen molar-refractivity contribution in [2.24, 2.45) is 5.92 Å². The summed E-state index contributed by atoms with van der Waals surface area (Å²) in [4.78, 5) is 0. The lowest BCUT2D eigenvalue weighted by Gasteiger charge is -2.24. The van der Waals surface area contributed by atoms with Crippen LogP contribution in [0.4, 0.5) is 8.78 Å². The highest BCUT2D eigenvalue weighted by Crippen LogP contribution is 2.22. The normalized spacial score (nSPS) is 20.3. The molecular weight excluding hydrogens is 322 g/mol. The predicted molar refractivity (Wildman–Crippen MR) is 92.7 cm³/mol. The van der Waals surface area contributed by atoms with Crippen molar-refractivity contribution in [3.05, 3.63) is 71.8 Å². The molecule has 0 amide bonds. The number of allylic oxidation sites excluding steroid dienone is 1. The standard InChI is InChI=1S/C21H18F2O2/c1-2-3-16-13-24-21(25-14-16)11-6-15-4-7-17(8-5-15)18-9-10-19(22)20(23)12-18/h2-5,7-10,12,16,21H,13-14H2,1H3/b3-2+/t16-,21-. The monoisotopic (exact) mass is 340 g/mol. The molecular formula is C21H18F2O2. The van der Waals surface area contributed by atoms with Crippen LogP contribution in [0.15, 0.2) is 54.6 Å². The van der Waals surface area contributed by atoms with Crippen LogP contribution < -0.4 is 0 Å². The van der Waals surface area contributed by atoms with Crippen molar-refractivity contribution < 1.29 is 18.3 Å². The summed E-state index contributed by atoms with van der Waals surface area (Å²) in [5.41, 5.74) is 2.21. The van der Waals surface area contributed by atoms with Crippen LogP contribution in [-0.4, -0.2) is 19.5 Å². The van der Waals surface area contributed by atoms with E-state index in [1.54, 1.807) is 6.07 Å². The third kappa shape index (κ3) is 4.54. The molecule has 0 aromatic heterocycles. The minimum absolute atomic E-state index is 0.276. The third-order valence-corrected chi connectivity index (χ3v) is 3.86. The summed E-state index contributed by atoms with van der Waals surface area (Å²) in [6.07, 6.45) is 3.52. The summed E-state index contributed by atoms with van der Waals surface area (Å²) in [7, 11) is 0. The van der Waals surface area contributed by atoms with Gasteiger partial charge in [0.2, 0.25) is 6.29 Å². The van der Waals surface area contributed by atoms with Gasteiger partial charge >= 0.3 is 0 Å². The van der Waals surface area contributed by atoms with Crippen LogP contribution in [-0.2, 0) is 9.47 Å². The Kier molecular flexibility index (Phi) is 5.60. The molecule has 1 saturated heterocycles. The summed E-state index contributed by atoms with van der Waals surface area (Å²) in [6, 6.07) is 11.1. The Bertz CT molecular complexity index is 808. The SMILES string of the molecule is C/C=C/[C@H]1CO[C@H](C#Cc2ccc(-c3ccc(F)c(F)c3)cc2)OC1. The molecule has 1 fully saturated rings. The molecule has 0 spiro atoms. The fourth-order valence-corrected chi connectivity index (χ4v) is 2.55. The fourth-order valence-electron chi connectivity index (χ4n) is 2.55. The van der Waals surface area contributed by atoms with E-state index in [4.69, 9.17) is 9.47 Å². The predicted octanol–water partition coefficient (Wildman–Crippen LogP) is 4.55. The highest BCUT2D eigenvalue weighted by Gasteiger charge is 2.18. The van der Waals surface area contributed by atoms with Crippen LogP contribution >= 0.6 is 0 Å². The number of ether oxygens (including phenoxy) is 2. The maximum absolute atomic E-state index is 13.3. The molecule has 0 unspecified atom stereocenters. The highest BCUT2D eigenvalue weighted by atomic mass is 19.2. The third-order valence-electron chi connectivity index (χ3n) is 3.86. The molecule has 0 N–H and O–H groups in total. The molecule has 3 rings (SSSR count). The molecule has 0 atom stereocenters. The van der Waals surface area contributed by atoms with E-state index in [1.807, 2.05) is 37.3 Å². The molecule has 0 bridgehead atoms. The van der Waals surface area contributed by atoms with Crippen LogP contribution in [0.2, 0.25) is 0 Å². The van der Waals surface area contributed by atoms with E-state index in [0.29, 0.717) is 18.8 Å². The van der Waals surface area contributed by atoms with Gasteiger partial charge in [0.25, 0.3) is 0 Å². The molecule has 128 valence electrons. The molecule has 0 radical (unpaired) electrons. The number of hydrogen-bond donors (Lipinski definition) is 0. The lowest BCUT2D eigenvalue weighted by molar-refractivity contribution is -0.160. The van der Waals surface area contributed by atoms with E-state index in [2.05, 4.69) is 17.9 Å². The molecule has 1 aliphatic rings. The second-order valence-electron chi connectivity index (χ2n) is 5.76. The largest absolute Gasteiger partial charge is 0.341 e. The van der Waals surface area contributed by atoms with Gasteiger partial charge in [-0.05, 0) is 48.2 Å². The molecule has 4 heteroatoms. The average Bonchev–Trinajstić information content (AvgIpc) is 2.64. The van der Waals surface area contributed by atoms with E-state index in [-0.39, 0.29) is 5.92 Å². The van der Waals surface area contributed by atoms with E-state index < -0.39 is 17.9 Å². The second kappa shape index (κ2) is 8.06.